The zero-order chi connectivity index (χ0) is 15.0. The standard InChI is InChI=1S/C17H29NO2/c1-14(18(3)12-8-7-9-15(2)19)13-16-10-5-6-11-17(16)20-4/h5-6,10-11,14-15,19H,7-9,12-13H2,1-4H3. The van der Waals surface area contributed by atoms with Gasteiger partial charge in [-0.05, 0) is 64.8 Å². The van der Waals surface area contributed by atoms with Gasteiger partial charge in [-0.1, -0.05) is 18.2 Å². The fraction of sp³-hybridized carbons (Fsp3) is 0.647. The number of hydrogen-bond donors (Lipinski definition) is 1. The van der Waals surface area contributed by atoms with E-state index in [2.05, 4.69) is 31.0 Å². The molecule has 2 atom stereocenters. The number of unbranched alkanes of at least 4 members (excludes halogenated alkanes) is 1. The van der Waals surface area contributed by atoms with E-state index in [1.54, 1.807) is 7.11 Å². The Morgan fingerprint density at radius 3 is 2.55 bits per heavy atom. The van der Waals surface area contributed by atoms with Gasteiger partial charge in [0.1, 0.15) is 5.75 Å². The van der Waals surface area contributed by atoms with Crippen LogP contribution in [0.15, 0.2) is 24.3 Å². The lowest BCUT2D eigenvalue weighted by atomic mass is 10.0. The van der Waals surface area contributed by atoms with Gasteiger partial charge >= 0.3 is 0 Å². The van der Waals surface area contributed by atoms with E-state index in [9.17, 15) is 5.11 Å². The molecule has 0 aromatic heterocycles. The Hall–Kier alpha value is -1.06. The van der Waals surface area contributed by atoms with Crippen molar-refractivity contribution in [3.63, 3.8) is 0 Å². The molecule has 0 spiro atoms. The van der Waals surface area contributed by atoms with Gasteiger partial charge in [0, 0.05) is 6.04 Å². The van der Waals surface area contributed by atoms with Crippen molar-refractivity contribution in [2.75, 3.05) is 20.7 Å². The number of benzene rings is 1. The van der Waals surface area contributed by atoms with Crippen LogP contribution in [0, 0.1) is 0 Å². The van der Waals surface area contributed by atoms with Crippen LogP contribution in [0.25, 0.3) is 0 Å². The molecule has 0 fully saturated rings. The maximum Gasteiger partial charge on any atom is 0.122 e. The number of likely N-dealkylation sites (N-methyl/N-ethyl adjacent to an activating group) is 1. The third-order valence-corrected chi connectivity index (χ3v) is 3.84. The summed E-state index contributed by atoms with van der Waals surface area (Å²) in [7, 11) is 3.89. The largest absolute Gasteiger partial charge is 0.496 e. The lowest BCUT2D eigenvalue weighted by molar-refractivity contribution is 0.176. The minimum Gasteiger partial charge on any atom is -0.496 e. The zero-order valence-electron chi connectivity index (χ0n) is 13.3. The first-order valence-electron chi connectivity index (χ1n) is 7.54. The Bertz CT molecular complexity index is 379. The Balaban J connectivity index is 2.39. The molecule has 1 N–H and O–H groups in total. The van der Waals surface area contributed by atoms with Gasteiger partial charge < -0.3 is 14.7 Å². The lowest BCUT2D eigenvalue weighted by Crippen LogP contribution is -2.31. The number of methoxy groups -OCH3 is 1. The molecule has 0 heterocycles. The molecule has 0 radical (unpaired) electrons. The molecule has 1 aromatic carbocycles. The lowest BCUT2D eigenvalue weighted by Gasteiger charge is -2.25. The van der Waals surface area contributed by atoms with Crippen LogP contribution < -0.4 is 4.74 Å². The number of aliphatic hydroxyl groups excluding tert-OH is 1. The summed E-state index contributed by atoms with van der Waals surface area (Å²) in [5, 5.41) is 9.25. The predicted molar refractivity (Wildman–Crippen MR) is 84.3 cm³/mol. The van der Waals surface area contributed by atoms with E-state index >= 15 is 0 Å². The highest BCUT2D eigenvalue weighted by molar-refractivity contribution is 5.33. The van der Waals surface area contributed by atoms with Crippen LogP contribution in [-0.4, -0.2) is 42.9 Å². The summed E-state index contributed by atoms with van der Waals surface area (Å²) in [5.74, 6) is 0.974. The molecule has 0 aliphatic rings. The van der Waals surface area contributed by atoms with Crippen LogP contribution >= 0.6 is 0 Å². The molecule has 0 saturated heterocycles. The van der Waals surface area contributed by atoms with E-state index in [0.717, 1.165) is 38.0 Å². The topological polar surface area (TPSA) is 32.7 Å². The van der Waals surface area contributed by atoms with Crippen molar-refractivity contribution in [3.05, 3.63) is 29.8 Å². The highest BCUT2D eigenvalue weighted by Crippen LogP contribution is 2.20. The van der Waals surface area contributed by atoms with E-state index in [-0.39, 0.29) is 6.10 Å². The van der Waals surface area contributed by atoms with Crippen LogP contribution in [0.4, 0.5) is 0 Å². The van der Waals surface area contributed by atoms with Crippen LogP contribution in [-0.2, 0) is 6.42 Å². The molecule has 1 rings (SSSR count). The summed E-state index contributed by atoms with van der Waals surface area (Å²) < 4.78 is 5.40. The summed E-state index contributed by atoms with van der Waals surface area (Å²) in [6, 6.07) is 8.71. The van der Waals surface area contributed by atoms with Crippen molar-refractivity contribution in [2.24, 2.45) is 0 Å². The number of nitrogens with zero attached hydrogens (tertiary/aromatic N) is 1. The first-order valence-corrected chi connectivity index (χ1v) is 7.54. The predicted octanol–water partition coefficient (Wildman–Crippen LogP) is 3.11. The van der Waals surface area contributed by atoms with Gasteiger partial charge in [0.25, 0.3) is 0 Å². The molecule has 2 unspecified atom stereocenters. The number of para-hydroxylation sites is 1. The Labute approximate surface area is 123 Å². The zero-order valence-corrected chi connectivity index (χ0v) is 13.3. The first kappa shape index (κ1) is 17.0. The summed E-state index contributed by atoms with van der Waals surface area (Å²) in [6.07, 6.45) is 3.94. The van der Waals surface area contributed by atoms with Crippen molar-refractivity contribution in [2.45, 2.75) is 51.7 Å². The number of ether oxygens (including phenoxy) is 1. The summed E-state index contributed by atoms with van der Waals surface area (Å²) in [5.41, 5.74) is 1.26. The summed E-state index contributed by atoms with van der Waals surface area (Å²) in [6.45, 7) is 5.18. The fourth-order valence-electron chi connectivity index (χ4n) is 2.37. The molecule has 1 aromatic rings. The minimum atomic E-state index is -0.175. The number of hydrogen-bond acceptors (Lipinski definition) is 3. The highest BCUT2D eigenvalue weighted by Gasteiger charge is 2.12. The molecule has 114 valence electrons. The molecule has 3 heteroatoms. The maximum atomic E-state index is 9.25. The van der Waals surface area contributed by atoms with Gasteiger partial charge in [-0.15, -0.1) is 0 Å². The molecule has 0 bridgehead atoms. The van der Waals surface area contributed by atoms with Gasteiger partial charge in [-0.3, -0.25) is 0 Å². The number of rotatable bonds is 9. The highest BCUT2D eigenvalue weighted by atomic mass is 16.5. The molecule has 0 aliphatic carbocycles. The second-order valence-electron chi connectivity index (χ2n) is 5.69. The van der Waals surface area contributed by atoms with E-state index in [1.807, 2.05) is 19.1 Å². The number of aliphatic hydroxyl groups is 1. The Kier molecular flexibility index (Phi) is 7.63. The van der Waals surface area contributed by atoms with Crippen LogP contribution in [0.1, 0.15) is 38.7 Å². The average molecular weight is 279 g/mol. The van der Waals surface area contributed by atoms with E-state index in [1.165, 1.54) is 5.56 Å². The summed E-state index contributed by atoms with van der Waals surface area (Å²) in [4.78, 5) is 2.38. The Morgan fingerprint density at radius 2 is 1.90 bits per heavy atom. The first-order chi connectivity index (χ1) is 9.54. The van der Waals surface area contributed by atoms with E-state index in [0.29, 0.717) is 6.04 Å². The van der Waals surface area contributed by atoms with Crippen LogP contribution in [0.5, 0.6) is 5.75 Å². The smallest absolute Gasteiger partial charge is 0.122 e. The SMILES string of the molecule is COc1ccccc1CC(C)N(C)CCCCC(C)O. The second-order valence-corrected chi connectivity index (χ2v) is 5.69. The molecule has 3 nitrogen and oxygen atoms in total. The van der Waals surface area contributed by atoms with Gasteiger partial charge in [-0.25, -0.2) is 0 Å². The Morgan fingerprint density at radius 1 is 1.20 bits per heavy atom. The van der Waals surface area contributed by atoms with Crippen molar-refractivity contribution in [1.29, 1.82) is 0 Å². The third kappa shape index (κ3) is 5.93. The molecular weight excluding hydrogens is 250 g/mol. The monoisotopic (exact) mass is 279 g/mol. The van der Waals surface area contributed by atoms with Gasteiger partial charge in [0.2, 0.25) is 0 Å². The molecule has 0 amide bonds. The quantitative estimate of drug-likeness (QED) is 0.705. The fourth-order valence-corrected chi connectivity index (χ4v) is 2.37. The van der Waals surface area contributed by atoms with Gasteiger partial charge in [0.15, 0.2) is 0 Å². The second kappa shape index (κ2) is 8.98. The van der Waals surface area contributed by atoms with Crippen LogP contribution in [0.2, 0.25) is 0 Å². The van der Waals surface area contributed by atoms with Crippen molar-refractivity contribution in [1.82, 2.24) is 4.90 Å². The molecule has 0 aliphatic heterocycles. The van der Waals surface area contributed by atoms with Crippen LogP contribution in [0.3, 0.4) is 0 Å². The molecule has 20 heavy (non-hydrogen) atoms. The average Bonchev–Trinajstić information content (AvgIpc) is 2.43. The minimum absolute atomic E-state index is 0.175. The van der Waals surface area contributed by atoms with Gasteiger partial charge in [0.05, 0.1) is 13.2 Å². The normalized spacial score (nSPS) is 14.3. The third-order valence-electron chi connectivity index (χ3n) is 3.84. The van der Waals surface area contributed by atoms with Crippen molar-refractivity contribution >= 4 is 0 Å². The van der Waals surface area contributed by atoms with Crippen molar-refractivity contribution < 1.29 is 9.84 Å². The molecular formula is C17H29NO2. The summed E-state index contributed by atoms with van der Waals surface area (Å²) >= 11 is 0. The van der Waals surface area contributed by atoms with Crippen molar-refractivity contribution in [3.8, 4) is 5.75 Å². The molecule has 0 saturated carbocycles. The maximum absolute atomic E-state index is 9.25. The van der Waals surface area contributed by atoms with E-state index < -0.39 is 0 Å². The van der Waals surface area contributed by atoms with E-state index in [4.69, 9.17) is 4.74 Å². The van der Waals surface area contributed by atoms with Gasteiger partial charge in [-0.2, -0.15) is 0 Å².